The van der Waals surface area contributed by atoms with Crippen molar-refractivity contribution in [1.82, 2.24) is 0 Å². The van der Waals surface area contributed by atoms with Crippen LogP contribution >= 0.6 is 0 Å². The fraction of sp³-hybridized carbons (Fsp3) is 0.0189. The number of benzene rings is 10. The van der Waals surface area contributed by atoms with Crippen molar-refractivity contribution in [3.8, 4) is 55.6 Å². The fourth-order valence-corrected chi connectivity index (χ4v) is 9.64. The highest BCUT2D eigenvalue weighted by Crippen LogP contribution is 2.45. The van der Waals surface area contributed by atoms with Gasteiger partial charge in [-0.05, 0) is 123 Å². The first kappa shape index (κ1) is 32.1. The fourth-order valence-electron chi connectivity index (χ4n) is 8.51. The molecule has 0 fully saturated rings. The summed E-state index contributed by atoms with van der Waals surface area (Å²) >= 11 is 0. The van der Waals surface area contributed by atoms with Gasteiger partial charge in [0.15, 0.2) is 0 Å². The second-order valence-corrected chi connectivity index (χ2v) is 15.8. The van der Waals surface area contributed by atoms with Crippen molar-refractivity contribution in [2.45, 2.75) is 6.55 Å². The second kappa shape index (κ2) is 13.5. The predicted molar refractivity (Wildman–Crippen MR) is 238 cm³/mol. The van der Waals surface area contributed by atoms with Gasteiger partial charge in [0, 0.05) is 0 Å². The summed E-state index contributed by atoms with van der Waals surface area (Å²) in [7, 11) is -0.507. The van der Waals surface area contributed by atoms with Crippen LogP contribution in [0.5, 0.6) is 0 Å². The van der Waals surface area contributed by atoms with Crippen molar-refractivity contribution in [2.24, 2.45) is 0 Å². The molecule has 0 bridgehead atoms. The summed E-state index contributed by atoms with van der Waals surface area (Å²) in [5, 5.41) is 11.6. The quantitative estimate of drug-likeness (QED) is 0.120. The molecule has 0 saturated heterocycles. The van der Waals surface area contributed by atoms with Gasteiger partial charge in [-0.25, -0.2) is 0 Å². The van der Waals surface area contributed by atoms with Crippen LogP contribution in [0.2, 0.25) is 6.55 Å². The standard InChI is InChI=1S/C53H38Si/c1-54-51-34-42(41-19-11-18-40(30-41)35-12-3-2-4-13-35)26-28-46(51)43-27-29-49-50(33-43)53(45-25-23-37-15-6-8-17-39(37)32-45)48-21-10-9-20-47(48)52(49)44-24-22-36-14-5-7-16-38(36)31-44/h2-34H,54H2,1H3. The molecule has 0 aromatic heterocycles. The van der Waals surface area contributed by atoms with Gasteiger partial charge in [-0.3, -0.25) is 0 Å². The van der Waals surface area contributed by atoms with Gasteiger partial charge in [0.05, 0.1) is 9.52 Å². The summed E-state index contributed by atoms with van der Waals surface area (Å²) in [4.78, 5) is 0. The average Bonchev–Trinajstić information content (AvgIpc) is 3.25. The molecule has 0 heterocycles. The molecule has 0 unspecified atom stereocenters. The topological polar surface area (TPSA) is 0 Å². The second-order valence-electron chi connectivity index (χ2n) is 14.4. The van der Waals surface area contributed by atoms with E-state index in [0.29, 0.717) is 0 Å². The van der Waals surface area contributed by atoms with Crippen LogP contribution in [0.4, 0.5) is 0 Å². The van der Waals surface area contributed by atoms with Gasteiger partial charge in [0.25, 0.3) is 0 Å². The smallest absolute Gasteiger partial charge is 0.0525 e. The van der Waals surface area contributed by atoms with Gasteiger partial charge in [0.2, 0.25) is 0 Å². The van der Waals surface area contributed by atoms with Gasteiger partial charge in [-0.15, -0.1) is 0 Å². The van der Waals surface area contributed by atoms with Crippen molar-refractivity contribution < 1.29 is 0 Å². The normalized spacial score (nSPS) is 11.7. The number of hydrogen-bond acceptors (Lipinski definition) is 0. The van der Waals surface area contributed by atoms with E-state index < -0.39 is 9.52 Å². The minimum atomic E-state index is -0.507. The van der Waals surface area contributed by atoms with E-state index in [1.54, 1.807) is 0 Å². The molecule has 0 saturated carbocycles. The van der Waals surface area contributed by atoms with E-state index in [2.05, 4.69) is 207 Å². The minimum absolute atomic E-state index is 0.507. The Labute approximate surface area is 318 Å². The predicted octanol–water partition coefficient (Wildman–Crippen LogP) is 13.5. The lowest BCUT2D eigenvalue weighted by atomic mass is 9.84. The maximum Gasteiger partial charge on any atom is 0.0525 e. The van der Waals surface area contributed by atoms with Crippen molar-refractivity contribution in [3.63, 3.8) is 0 Å². The summed E-state index contributed by atoms with van der Waals surface area (Å²) < 4.78 is 0. The first-order valence-electron chi connectivity index (χ1n) is 19.0. The lowest BCUT2D eigenvalue weighted by Crippen LogP contribution is -2.14. The summed E-state index contributed by atoms with van der Waals surface area (Å²) in [5.41, 5.74) is 12.7. The molecule has 54 heavy (non-hydrogen) atoms. The number of fused-ring (bicyclic) bond motifs is 4. The SMILES string of the molecule is C[SiH2]c1cc(-c2cccc(-c3ccccc3)c2)ccc1-c1ccc2c(-c3ccc4ccccc4c3)c3ccccc3c(-c3ccc4ccccc4c3)c2c1. The van der Waals surface area contributed by atoms with Crippen molar-refractivity contribution in [1.29, 1.82) is 0 Å². The van der Waals surface area contributed by atoms with Crippen LogP contribution in [0.1, 0.15) is 0 Å². The van der Waals surface area contributed by atoms with Crippen molar-refractivity contribution in [3.05, 3.63) is 200 Å². The third-order valence-corrected chi connectivity index (χ3v) is 12.5. The zero-order valence-electron chi connectivity index (χ0n) is 30.3. The first-order chi connectivity index (χ1) is 26.7. The molecule has 0 aliphatic carbocycles. The monoisotopic (exact) mass is 702 g/mol. The maximum atomic E-state index is 2.48. The lowest BCUT2D eigenvalue weighted by Gasteiger charge is -2.20. The van der Waals surface area contributed by atoms with Crippen LogP contribution < -0.4 is 5.19 Å². The van der Waals surface area contributed by atoms with Crippen LogP contribution in [0.25, 0.3) is 98.7 Å². The highest BCUT2D eigenvalue weighted by molar-refractivity contribution is 6.54. The summed E-state index contributed by atoms with van der Waals surface area (Å²) in [6.45, 7) is 2.41. The molecule has 10 rings (SSSR count). The Balaban J connectivity index is 1.20. The molecule has 10 aromatic carbocycles. The zero-order valence-corrected chi connectivity index (χ0v) is 31.7. The van der Waals surface area contributed by atoms with Gasteiger partial charge in [0.1, 0.15) is 0 Å². The molecule has 0 atom stereocenters. The van der Waals surface area contributed by atoms with E-state index in [9.17, 15) is 0 Å². The average molecular weight is 703 g/mol. The van der Waals surface area contributed by atoms with E-state index in [-0.39, 0.29) is 0 Å². The van der Waals surface area contributed by atoms with Gasteiger partial charge < -0.3 is 0 Å². The van der Waals surface area contributed by atoms with Gasteiger partial charge in [-0.2, -0.15) is 0 Å². The first-order valence-corrected chi connectivity index (χ1v) is 21.1. The lowest BCUT2D eigenvalue weighted by molar-refractivity contribution is 1.59. The van der Waals surface area contributed by atoms with Crippen molar-refractivity contribution in [2.75, 3.05) is 0 Å². The van der Waals surface area contributed by atoms with Crippen LogP contribution in [0.3, 0.4) is 0 Å². The Morgan fingerprint density at radius 1 is 0.278 bits per heavy atom. The molecule has 10 aromatic rings. The molecule has 0 amide bonds. The van der Waals surface area contributed by atoms with Crippen LogP contribution in [0.15, 0.2) is 200 Å². The minimum Gasteiger partial charge on any atom is -0.0708 e. The Hall–Kier alpha value is -6.54. The molecule has 254 valence electrons. The van der Waals surface area contributed by atoms with Crippen LogP contribution in [-0.2, 0) is 0 Å². The van der Waals surface area contributed by atoms with Gasteiger partial charge >= 0.3 is 0 Å². The zero-order chi connectivity index (χ0) is 36.0. The van der Waals surface area contributed by atoms with Crippen LogP contribution in [-0.4, -0.2) is 9.52 Å². The number of hydrogen-bond donors (Lipinski definition) is 0. The molecule has 1 heteroatoms. The Kier molecular flexibility index (Phi) is 8.01. The van der Waals surface area contributed by atoms with E-state index in [1.165, 1.54) is 104 Å². The summed E-state index contributed by atoms with van der Waals surface area (Å²) in [5.74, 6) is 0. The van der Waals surface area contributed by atoms with E-state index in [1.807, 2.05) is 0 Å². The van der Waals surface area contributed by atoms with Crippen LogP contribution in [0, 0.1) is 0 Å². The van der Waals surface area contributed by atoms with E-state index in [0.717, 1.165) is 0 Å². The maximum absolute atomic E-state index is 2.48. The molecule has 0 spiro atoms. The molecule has 0 nitrogen and oxygen atoms in total. The summed E-state index contributed by atoms with van der Waals surface area (Å²) in [6.07, 6.45) is 0. The molecule has 0 aliphatic rings. The molecular weight excluding hydrogens is 665 g/mol. The third kappa shape index (κ3) is 5.62. The Morgan fingerprint density at radius 3 is 1.41 bits per heavy atom. The molecule has 0 N–H and O–H groups in total. The highest BCUT2D eigenvalue weighted by Gasteiger charge is 2.19. The Bertz CT molecular complexity index is 3030. The molecular formula is C53H38Si. The van der Waals surface area contributed by atoms with Gasteiger partial charge in [-0.1, -0.05) is 188 Å². The van der Waals surface area contributed by atoms with Crippen molar-refractivity contribution >= 4 is 57.8 Å². The summed E-state index contributed by atoms with van der Waals surface area (Å²) in [6, 6.07) is 74.3. The van der Waals surface area contributed by atoms with E-state index >= 15 is 0 Å². The molecule has 0 aliphatic heterocycles. The number of rotatable bonds is 6. The molecule has 0 radical (unpaired) electrons. The highest BCUT2D eigenvalue weighted by atomic mass is 28.2. The third-order valence-electron chi connectivity index (χ3n) is 11.2. The van der Waals surface area contributed by atoms with E-state index in [4.69, 9.17) is 0 Å². The largest absolute Gasteiger partial charge is 0.0708 e. The Morgan fingerprint density at radius 2 is 0.759 bits per heavy atom.